The summed E-state index contributed by atoms with van der Waals surface area (Å²) in [5, 5.41) is 2.53. The van der Waals surface area contributed by atoms with Crippen molar-refractivity contribution >= 4 is 28.7 Å². The van der Waals surface area contributed by atoms with Crippen LogP contribution in [0.4, 0.5) is 16.2 Å². The highest BCUT2D eigenvalue weighted by molar-refractivity contribution is 7.80. The monoisotopic (exact) mass is 272 g/mol. The van der Waals surface area contributed by atoms with Crippen molar-refractivity contribution in [2.45, 2.75) is 26.4 Å². The molecule has 0 aromatic heterocycles. The van der Waals surface area contributed by atoms with E-state index in [1.165, 1.54) is 6.07 Å². The molecule has 0 saturated carbocycles. The summed E-state index contributed by atoms with van der Waals surface area (Å²) in [7, 11) is 0. The Morgan fingerprint density at radius 3 is 2.50 bits per heavy atom. The highest BCUT2D eigenvalue weighted by atomic mass is 32.2. The van der Waals surface area contributed by atoms with Crippen LogP contribution in [0.2, 0.25) is 0 Å². The average Bonchev–Trinajstić information content (AvgIpc) is 2.13. The molecular weight excluding hydrogens is 256 g/mol. The lowest BCUT2D eigenvalue weighted by atomic mass is 10.2. The molecule has 0 heterocycles. The molecule has 0 bridgehead atoms. The summed E-state index contributed by atoms with van der Waals surface area (Å²) in [5.41, 5.74) is 0.316. The zero-order valence-corrected chi connectivity index (χ0v) is 11.2. The molecule has 0 aliphatic rings. The maximum atomic E-state index is 11.5. The van der Waals surface area contributed by atoms with Gasteiger partial charge < -0.3 is 4.74 Å². The van der Waals surface area contributed by atoms with Crippen molar-refractivity contribution in [1.82, 2.24) is 0 Å². The van der Waals surface area contributed by atoms with Gasteiger partial charge in [-0.25, -0.2) is 9.00 Å². The minimum atomic E-state index is -2.15. The van der Waals surface area contributed by atoms with Gasteiger partial charge in [-0.15, -0.1) is 0 Å². The second-order valence-electron chi connectivity index (χ2n) is 4.56. The van der Waals surface area contributed by atoms with Gasteiger partial charge in [0.1, 0.15) is 5.60 Å². The number of benzene rings is 1. The lowest BCUT2D eigenvalue weighted by Crippen LogP contribution is -2.27. The predicted molar refractivity (Wildman–Crippen MR) is 70.7 cm³/mol. The summed E-state index contributed by atoms with van der Waals surface area (Å²) in [4.78, 5) is 11.5. The van der Waals surface area contributed by atoms with E-state index in [1.54, 1.807) is 39.0 Å². The van der Waals surface area contributed by atoms with Crippen LogP contribution in [0, 0.1) is 0 Å². The minimum absolute atomic E-state index is 0.421. The van der Waals surface area contributed by atoms with E-state index in [0.29, 0.717) is 11.4 Å². The molecule has 0 fully saturated rings. The number of carbonyl (C=O) groups excluding carboxylic acids is 1. The molecule has 0 spiro atoms. The fraction of sp³-hybridized carbons (Fsp3) is 0.364. The maximum Gasteiger partial charge on any atom is 0.412 e. The Labute approximate surface area is 108 Å². The summed E-state index contributed by atoms with van der Waals surface area (Å²) < 4.78 is 26.6. The molecule has 1 unspecified atom stereocenters. The van der Waals surface area contributed by atoms with Crippen LogP contribution in [0.3, 0.4) is 0 Å². The third kappa shape index (κ3) is 5.65. The van der Waals surface area contributed by atoms with Crippen molar-refractivity contribution in [3.63, 3.8) is 0 Å². The van der Waals surface area contributed by atoms with Crippen molar-refractivity contribution in [3.05, 3.63) is 24.3 Å². The highest BCUT2D eigenvalue weighted by Crippen LogP contribution is 2.16. The summed E-state index contributed by atoms with van der Waals surface area (Å²) in [6.45, 7) is 5.29. The topological polar surface area (TPSA) is 87.7 Å². The van der Waals surface area contributed by atoms with E-state index in [-0.39, 0.29) is 0 Å². The van der Waals surface area contributed by atoms with Gasteiger partial charge in [-0.2, -0.15) is 0 Å². The van der Waals surface area contributed by atoms with Crippen LogP contribution in [0.1, 0.15) is 20.8 Å². The van der Waals surface area contributed by atoms with Crippen molar-refractivity contribution < 1.29 is 18.3 Å². The average molecular weight is 272 g/mol. The molecule has 0 saturated heterocycles. The molecule has 1 atom stereocenters. The molecule has 7 heteroatoms. The Morgan fingerprint density at radius 2 is 1.94 bits per heavy atom. The number of nitrogens with one attached hydrogen (secondary N) is 2. The zero-order chi connectivity index (χ0) is 13.8. The van der Waals surface area contributed by atoms with Gasteiger partial charge >= 0.3 is 6.09 Å². The summed E-state index contributed by atoms with van der Waals surface area (Å²) >= 11 is -2.15. The fourth-order valence-electron chi connectivity index (χ4n) is 1.18. The van der Waals surface area contributed by atoms with Gasteiger partial charge in [0.15, 0.2) is 0 Å². The number of hydrogen-bond acceptors (Lipinski definition) is 3. The molecule has 0 radical (unpaired) electrons. The van der Waals surface area contributed by atoms with Gasteiger partial charge in [-0.05, 0) is 39.0 Å². The van der Waals surface area contributed by atoms with Gasteiger partial charge in [0.05, 0.1) is 5.69 Å². The quantitative estimate of drug-likeness (QED) is 0.738. The largest absolute Gasteiger partial charge is 0.444 e. The minimum Gasteiger partial charge on any atom is -0.444 e. The first kappa shape index (κ1) is 14.5. The predicted octanol–water partition coefficient (Wildman–Crippen LogP) is 2.58. The van der Waals surface area contributed by atoms with E-state index < -0.39 is 23.0 Å². The normalized spacial score (nSPS) is 12.7. The van der Waals surface area contributed by atoms with E-state index in [9.17, 15) is 9.00 Å². The van der Waals surface area contributed by atoms with E-state index in [0.717, 1.165) is 0 Å². The van der Waals surface area contributed by atoms with Crippen LogP contribution in [0.25, 0.3) is 0 Å². The molecule has 1 aromatic carbocycles. The Morgan fingerprint density at radius 1 is 1.33 bits per heavy atom. The van der Waals surface area contributed by atoms with Crippen LogP contribution >= 0.6 is 0 Å². The molecular formula is C11H16N2O4S. The van der Waals surface area contributed by atoms with Crippen molar-refractivity contribution in [3.8, 4) is 0 Å². The van der Waals surface area contributed by atoms with Gasteiger partial charge in [-0.1, -0.05) is 6.07 Å². The molecule has 6 nitrogen and oxygen atoms in total. The van der Waals surface area contributed by atoms with Gasteiger partial charge in [0.2, 0.25) is 0 Å². The van der Waals surface area contributed by atoms with Crippen LogP contribution in [-0.2, 0) is 16.0 Å². The van der Waals surface area contributed by atoms with E-state index >= 15 is 0 Å². The summed E-state index contributed by atoms with van der Waals surface area (Å²) in [6, 6.07) is 6.42. The molecule has 0 aliphatic carbocycles. The first-order valence-corrected chi connectivity index (χ1v) is 6.34. The second-order valence-corrected chi connectivity index (χ2v) is 5.26. The molecule has 1 rings (SSSR count). The van der Waals surface area contributed by atoms with E-state index in [1.807, 2.05) is 0 Å². The maximum absolute atomic E-state index is 11.5. The first-order valence-electron chi connectivity index (χ1n) is 5.24. The van der Waals surface area contributed by atoms with E-state index in [2.05, 4.69) is 10.0 Å². The standard InChI is InChI=1S/C11H16N2O4S/c1-11(2,3)17-10(14)12-8-5-4-6-9(7-8)13-18(15)16/h4-7,13H,1-3H3,(H,12,14)(H,15,16). The van der Waals surface area contributed by atoms with Crippen LogP contribution < -0.4 is 10.0 Å². The molecule has 1 aromatic rings. The Hall–Kier alpha value is -1.60. The molecule has 0 aliphatic heterocycles. The van der Waals surface area contributed by atoms with Gasteiger partial charge in [0.25, 0.3) is 11.3 Å². The summed E-state index contributed by atoms with van der Waals surface area (Å²) in [6.07, 6.45) is -0.579. The van der Waals surface area contributed by atoms with Crippen LogP contribution in [0.15, 0.2) is 24.3 Å². The lowest BCUT2D eigenvalue weighted by molar-refractivity contribution is 0.0636. The number of anilines is 2. The number of carbonyl (C=O) groups is 1. The highest BCUT2D eigenvalue weighted by Gasteiger charge is 2.16. The van der Waals surface area contributed by atoms with Gasteiger partial charge in [0, 0.05) is 5.69 Å². The number of amides is 1. The van der Waals surface area contributed by atoms with Crippen LogP contribution in [0.5, 0.6) is 0 Å². The van der Waals surface area contributed by atoms with E-state index in [4.69, 9.17) is 9.29 Å². The van der Waals surface area contributed by atoms with Crippen molar-refractivity contribution in [2.24, 2.45) is 0 Å². The Balaban J connectivity index is 2.67. The Kier molecular flexibility index (Phi) is 4.69. The molecule has 1 amide bonds. The molecule has 18 heavy (non-hydrogen) atoms. The van der Waals surface area contributed by atoms with Crippen molar-refractivity contribution in [2.75, 3.05) is 10.0 Å². The fourth-order valence-corrected chi connectivity index (χ4v) is 1.51. The number of hydrogen-bond donors (Lipinski definition) is 3. The molecule has 100 valence electrons. The SMILES string of the molecule is CC(C)(C)OC(=O)Nc1cccc(NS(=O)O)c1. The summed E-state index contributed by atoms with van der Waals surface area (Å²) in [5.74, 6) is 0. The first-order chi connectivity index (χ1) is 8.26. The van der Waals surface area contributed by atoms with Crippen molar-refractivity contribution in [1.29, 1.82) is 0 Å². The number of rotatable bonds is 3. The van der Waals surface area contributed by atoms with Crippen LogP contribution in [-0.4, -0.2) is 20.5 Å². The third-order valence-electron chi connectivity index (χ3n) is 1.71. The lowest BCUT2D eigenvalue weighted by Gasteiger charge is -2.19. The molecule has 3 N–H and O–H groups in total. The zero-order valence-electron chi connectivity index (χ0n) is 10.4. The third-order valence-corrected chi connectivity index (χ3v) is 2.12. The second kappa shape index (κ2) is 5.83. The van der Waals surface area contributed by atoms with Gasteiger partial charge in [-0.3, -0.25) is 14.6 Å². The number of ether oxygens (including phenoxy) is 1. The smallest absolute Gasteiger partial charge is 0.412 e. The Bertz CT molecular complexity index is 457.